The van der Waals surface area contributed by atoms with E-state index in [-0.39, 0.29) is 42.7 Å². The van der Waals surface area contributed by atoms with Crippen LogP contribution in [0, 0.1) is 0 Å². The van der Waals surface area contributed by atoms with Gasteiger partial charge in [-0.05, 0) is 77.0 Å². The summed E-state index contributed by atoms with van der Waals surface area (Å²) in [6.45, 7) is 4.47. The van der Waals surface area contributed by atoms with E-state index >= 15 is 0 Å². The van der Waals surface area contributed by atoms with Crippen molar-refractivity contribution in [2.75, 3.05) is 41.0 Å². The number of hydrogen-bond donors (Lipinski definition) is 1. The fourth-order valence-electron chi connectivity index (χ4n) is 5.32. The monoisotopic (exact) mass is 755 g/mol. The predicted molar refractivity (Wildman–Crippen MR) is 224 cm³/mol. The summed E-state index contributed by atoms with van der Waals surface area (Å²) in [4.78, 5) is 36.8. The molecule has 2 atom stereocenters. The molecule has 0 heterocycles. The number of rotatable bonds is 35. The fourth-order valence-corrected chi connectivity index (χ4v) is 5.32. The van der Waals surface area contributed by atoms with Crippen molar-refractivity contribution in [3.63, 3.8) is 0 Å². The van der Waals surface area contributed by atoms with Gasteiger partial charge in [0.1, 0.15) is 6.61 Å². The number of carbonyl (C=O) groups is 3. The van der Waals surface area contributed by atoms with E-state index in [0.717, 1.165) is 83.5 Å². The molecule has 8 heteroatoms. The summed E-state index contributed by atoms with van der Waals surface area (Å²) in [7, 11) is 5.49. The van der Waals surface area contributed by atoms with Gasteiger partial charge in [-0.15, -0.1) is 0 Å². The second kappa shape index (κ2) is 36.5. The largest absolute Gasteiger partial charge is 0.477 e. The molecule has 0 aliphatic rings. The van der Waals surface area contributed by atoms with E-state index < -0.39 is 18.1 Å². The van der Waals surface area contributed by atoms with Crippen molar-refractivity contribution in [2.45, 2.75) is 148 Å². The van der Waals surface area contributed by atoms with Gasteiger partial charge in [0.2, 0.25) is 0 Å². The second-order valence-corrected chi connectivity index (χ2v) is 14.5. The maximum atomic E-state index is 12.6. The topological polar surface area (TPSA) is 99.1 Å². The first-order valence-electron chi connectivity index (χ1n) is 20.6. The van der Waals surface area contributed by atoms with E-state index in [0.29, 0.717) is 19.3 Å². The summed E-state index contributed by atoms with van der Waals surface area (Å²) in [6, 6.07) is -0.628. The molecule has 0 radical (unpaired) electrons. The first-order chi connectivity index (χ1) is 26.1. The summed E-state index contributed by atoms with van der Waals surface area (Å²) < 4.78 is 17.1. The highest BCUT2D eigenvalue weighted by molar-refractivity contribution is 5.72. The molecule has 0 rings (SSSR count). The zero-order valence-electron chi connectivity index (χ0n) is 34.6. The van der Waals surface area contributed by atoms with Crippen LogP contribution in [0.1, 0.15) is 136 Å². The lowest BCUT2D eigenvalue weighted by Gasteiger charge is -2.31. The number of allylic oxidation sites excluding steroid dienone is 14. The zero-order chi connectivity index (χ0) is 40.0. The Hall–Kier alpha value is -3.49. The highest BCUT2D eigenvalue weighted by Gasteiger charge is 2.31. The number of likely N-dealkylation sites (N-methyl/N-ethyl adjacent to an activating group) is 1. The molecule has 0 bridgehead atoms. The fraction of sp³-hybridized carbons (Fsp3) is 0.630. The third-order valence-electron chi connectivity index (χ3n) is 8.53. The van der Waals surface area contributed by atoms with Crippen molar-refractivity contribution in [2.24, 2.45) is 0 Å². The van der Waals surface area contributed by atoms with Crippen LogP contribution in [0.2, 0.25) is 0 Å². The van der Waals surface area contributed by atoms with Gasteiger partial charge < -0.3 is 23.8 Å². The zero-order valence-corrected chi connectivity index (χ0v) is 34.6. The SMILES string of the molecule is CC/C=C/C/C=C/C/C=C/C/C=C/C/C=C/C/C=C/CCCC(=O)OCC(COCCC(C(=O)O)[N+](C)(C)C)OC(=O)CCCCCC/C=C/CCCC. The number of quaternary nitrogens is 1. The van der Waals surface area contributed by atoms with Gasteiger partial charge in [0.25, 0.3) is 0 Å². The highest BCUT2D eigenvalue weighted by Crippen LogP contribution is 2.11. The van der Waals surface area contributed by atoms with Gasteiger partial charge in [-0.1, -0.05) is 125 Å². The number of carboxylic acid groups (broad SMARTS) is 1. The summed E-state index contributed by atoms with van der Waals surface area (Å²) in [5.74, 6) is -1.58. The molecular weight excluding hydrogens is 679 g/mol. The van der Waals surface area contributed by atoms with Gasteiger partial charge in [-0.2, -0.15) is 0 Å². The van der Waals surface area contributed by atoms with Crippen LogP contribution in [0.25, 0.3) is 0 Å². The van der Waals surface area contributed by atoms with Gasteiger partial charge in [-0.25, -0.2) is 4.79 Å². The molecule has 0 aromatic heterocycles. The van der Waals surface area contributed by atoms with Crippen LogP contribution in [0.4, 0.5) is 0 Å². The Morgan fingerprint density at radius 1 is 0.574 bits per heavy atom. The predicted octanol–water partition coefficient (Wildman–Crippen LogP) is 11.0. The number of carboxylic acids is 1. The van der Waals surface area contributed by atoms with Gasteiger partial charge in [0.05, 0.1) is 34.4 Å². The summed E-state index contributed by atoms with van der Waals surface area (Å²) >= 11 is 0. The van der Waals surface area contributed by atoms with Crippen LogP contribution in [0.5, 0.6) is 0 Å². The molecule has 0 aromatic rings. The van der Waals surface area contributed by atoms with Crippen molar-refractivity contribution < 1.29 is 38.2 Å². The van der Waals surface area contributed by atoms with E-state index in [2.05, 4.69) is 98.9 Å². The van der Waals surface area contributed by atoms with Crippen molar-refractivity contribution >= 4 is 17.9 Å². The number of unbranched alkanes of at least 4 members (excludes halogenated alkanes) is 7. The first kappa shape index (κ1) is 50.5. The van der Waals surface area contributed by atoms with Gasteiger partial charge >= 0.3 is 17.9 Å². The molecule has 0 saturated heterocycles. The van der Waals surface area contributed by atoms with Crippen molar-refractivity contribution in [3.8, 4) is 0 Å². The third-order valence-corrected chi connectivity index (χ3v) is 8.53. The maximum absolute atomic E-state index is 12.6. The standard InChI is InChI=1S/C46H75NO7/c1-6-8-10-12-14-16-18-19-20-21-22-23-24-25-26-27-29-30-32-34-36-44(48)53-41-42(40-52-39-38-43(46(50)51)47(3,4)5)54-45(49)37-35-33-31-28-17-15-13-11-9-7-2/h8,10,13-16,19-20,22-23,25-26,29-30,42-43H,6-7,9,11-12,17-18,21,24,27-28,31-41H2,1-5H3/p+1/b10-8+,15-13+,16-14+,20-19+,23-22+,26-25+,30-29+. The minimum atomic E-state index is -0.889. The van der Waals surface area contributed by atoms with Crippen LogP contribution in [0.15, 0.2) is 85.1 Å². The van der Waals surface area contributed by atoms with Gasteiger partial charge in [0.15, 0.2) is 12.1 Å². The molecule has 0 amide bonds. The Morgan fingerprint density at radius 2 is 1.06 bits per heavy atom. The molecule has 54 heavy (non-hydrogen) atoms. The Kier molecular flexibility index (Phi) is 34.1. The number of nitrogens with zero attached hydrogens (tertiary/aromatic N) is 1. The van der Waals surface area contributed by atoms with Crippen molar-refractivity contribution in [1.82, 2.24) is 0 Å². The summed E-state index contributed by atoms with van der Waals surface area (Å²) in [6.07, 6.45) is 46.4. The molecule has 1 N–H and O–H groups in total. The molecule has 0 aliphatic carbocycles. The smallest absolute Gasteiger partial charge is 0.362 e. The van der Waals surface area contributed by atoms with E-state index in [9.17, 15) is 19.5 Å². The number of carbonyl (C=O) groups excluding carboxylic acids is 2. The molecule has 8 nitrogen and oxygen atoms in total. The van der Waals surface area contributed by atoms with E-state index in [1.54, 1.807) is 0 Å². The lowest BCUT2D eigenvalue weighted by Crippen LogP contribution is -2.50. The molecule has 0 aliphatic heterocycles. The number of hydrogen-bond acceptors (Lipinski definition) is 6. The molecule has 0 aromatic carbocycles. The van der Waals surface area contributed by atoms with Crippen molar-refractivity contribution in [1.29, 1.82) is 0 Å². The van der Waals surface area contributed by atoms with Crippen molar-refractivity contribution in [3.05, 3.63) is 85.1 Å². The molecule has 0 saturated carbocycles. The van der Waals surface area contributed by atoms with E-state index in [1.807, 2.05) is 21.1 Å². The van der Waals surface area contributed by atoms with Gasteiger partial charge in [-0.3, -0.25) is 9.59 Å². The summed E-state index contributed by atoms with van der Waals surface area (Å²) in [5.41, 5.74) is 0. The molecule has 0 spiro atoms. The highest BCUT2D eigenvalue weighted by atomic mass is 16.6. The number of aliphatic carboxylic acids is 1. The number of esters is 2. The Balaban J connectivity index is 4.47. The second-order valence-electron chi connectivity index (χ2n) is 14.5. The van der Waals surface area contributed by atoms with E-state index in [4.69, 9.17) is 14.2 Å². The average molecular weight is 755 g/mol. The molecular formula is C46H76NO7+. The lowest BCUT2D eigenvalue weighted by atomic mass is 10.1. The Labute approximate surface area is 329 Å². The average Bonchev–Trinajstić information content (AvgIpc) is 3.12. The Bertz CT molecular complexity index is 1160. The number of ether oxygens (including phenoxy) is 3. The third kappa shape index (κ3) is 34.3. The van der Waals surface area contributed by atoms with Gasteiger partial charge in [0, 0.05) is 19.3 Å². The first-order valence-corrected chi connectivity index (χ1v) is 20.6. The lowest BCUT2D eigenvalue weighted by molar-refractivity contribution is -0.887. The van der Waals surface area contributed by atoms with E-state index in [1.165, 1.54) is 12.8 Å². The molecule has 306 valence electrons. The Morgan fingerprint density at radius 3 is 1.59 bits per heavy atom. The van der Waals surface area contributed by atoms with Crippen LogP contribution in [0.3, 0.4) is 0 Å². The normalized spacial score (nSPS) is 13.9. The molecule has 0 fully saturated rings. The minimum Gasteiger partial charge on any atom is -0.477 e. The van der Waals surface area contributed by atoms with Crippen LogP contribution in [-0.2, 0) is 28.6 Å². The minimum absolute atomic E-state index is 0.0331. The molecule has 2 unspecified atom stereocenters. The van der Waals surface area contributed by atoms with Crippen LogP contribution < -0.4 is 0 Å². The maximum Gasteiger partial charge on any atom is 0.362 e. The van der Waals surface area contributed by atoms with Crippen LogP contribution in [-0.4, -0.2) is 80.6 Å². The quantitative estimate of drug-likeness (QED) is 0.0298. The van der Waals surface area contributed by atoms with Crippen LogP contribution >= 0.6 is 0 Å². The summed E-state index contributed by atoms with van der Waals surface area (Å²) in [5, 5.41) is 9.59.